The average molecular weight is 548 g/mol. The first-order chi connectivity index (χ1) is 15.8. The van der Waals surface area contributed by atoms with Crippen LogP contribution in [0.25, 0.3) is 0 Å². The van der Waals surface area contributed by atoms with Crippen molar-refractivity contribution in [3.8, 4) is 0 Å². The molecule has 1 N–H and O–H groups in total. The highest BCUT2D eigenvalue weighted by Gasteiger charge is 2.66. The molecule has 35 heavy (non-hydrogen) atoms. The van der Waals surface area contributed by atoms with Gasteiger partial charge in [0.2, 0.25) is 11.6 Å². The molecular weight excluding hydrogens is 524 g/mol. The summed E-state index contributed by atoms with van der Waals surface area (Å²) in [5.74, 6) is -16.2. The Morgan fingerprint density at radius 1 is 0.971 bits per heavy atom. The Hall–Kier alpha value is -1.81. The van der Waals surface area contributed by atoms with E-state index < -0.39 is 89.0 Å². The standard InChI is InChI=1S/C19H24F8O7S/c1-12(20)15(29)34-17(18(23,24)25,14(28)11-13-7-3-2-4-8-13)33-10-6-5-9-16(21,22)19(26,27)35(30,31)32/h13H,1-11H2,(H,30,31,32). The molecule has 0 bridgehead atoms. The van der Waals surface area contributed by atoms with Gasteiger partial charge in [0.05, 0.1) is 6.61 Å². The van der Waals surface area contributed by atoms with Crippen molar-refractivity contribution in [2.24, 2.45) is 5.92 Å². The number of Topliss-reactive ketones (excluding diaryl/α,β-unsaturated/α-hetero) is 1. The second-order valence-corrected chi connectivity index (χ2v) is 9.50. The van der Waals surface area contributed by atoms with E-state index in [0.717, 1.165) is 6.42 Å². The fourth-order valence-electron chi connectivity index (χ4n) is 3.44. The van der Waals surface area contributed by atoms with Crippen LogP contribution in [0, 0.1) is 5.92 Å². The molecule has 1 atom stereocenters. The van der Waals surface area contributed by atoms with Gasteiger partial charge in [0.15, 0.2) is 0 Å². The highest BCUT2D eigenvalue weighted by molar-refractivity contribution is 7.87. The Balaban J connectivity index is 3.02. The molecule has 1 saturated carbocycles. The Morgan fingerprint density at radius 2 is 1.51 bits per heavy atom. The van der Waals surface area contributed by atoms with Crippen LogP contribution in [-0.4, -0.2) is 54.5 Å². The molecule has 0 radical (unpaired) electrons. The van der Waals surface area contributed by atoms with Crippen molar-refractivity contribution in [3.05, 3.63) is 12.4 Å². The molecule has 204 valence electrons. The van der Waals surface area contributed by atoms with Crippen molar-refractivity contribution in [1.82, 2.24) is 0 Å². The highest BCUT2D eigenvalue weighted by Crippen LogP contribution is 2.42. The topological polar surface area (TPSA) is 107 Å². The van der Waals surface area contributed by atoms with E-state index in [0.29, 0.717) is 25.7 Å². The van der Waals surface area contributed by atoms with Gasteiger partial charge in [-0.05, 0) is 18.8 Å². The van der Waals surface area contributed by atoms with E-state index in [1.54, 1.807) is 0 Å². The van der Waals surface area contributed by atoms with Crippen molar-refractivity contribution in [1.29, 1.82) is 0 Å². The third kappa shape index (κ3) is 7.59. The Kier molecular flexibility index (Phi) is 10.3. The van der Waals surface area contributed by atoms with Crippen LogP contribution in [0.4, 0.5) is 35.1 Å². The number of carbonyl (C=O) groups is 2. The fraction of sp³-hybridized carbons (Fsp3) is 0.789. The predicted molar refractivity (Wildman–Crippen MR) is 103 cm³/mol. The van der Waals surface area contributed by atoms with Crippen LogP contribution in [0.2, 0.25) is 0 Å². The van der Waals surface area contributed by atoms with Crippen LogP contribution in [0.3, 0.4) is 0 Å². The zero-order valence-corrected chi connectivity index (χ0v) is 19.0. The Morgan fingerprint density at radius 3 is 1.97 bits per heavy atom. The number of ketones is 1. The fourth-order valence-corrected chi connectivity index (χ4v) is 3.92. The van der Waals surface area contributed by atoms with Gasteiger partial charge < -0.3 is 9.47 Å². The SMILES string of the molecule is C=C(F)C(=O)OC(OCCCCC(F)(F)C(F)(F)S(=O)(=O)O)(C(=O)CC1CCCCC1)C(F)(F)F. The second-order valence-electron chi connectivity index (χ2n) is 8.04. The van der Waals surface area contributed by atoms with E-state index in [-0.39, 0.29) is 0 Å². The molecule has 1 unspecified atom stereocenters. The third-order valence-electron chi connectivity index (χ3n) is 5.34. The molecule has 1 fully saturated rings. The summed E-state index contributed by atoms with van der Waals surface area (Å²) < 4.78 is 146. The minimum absolute atomic E-state index is 0.389. The van der Waals surface area contributed by atoms with Crippen LogP contribution in [-0.2, 0) is 29.2 Å². The van der Waals surface area contributed by atoms with Crippen LogP contribution >= 0.6 is 0 Å². The number of ether oxygens (including phenoxy) is 2. The molecule has 0 aromatic heterocycles. The van der Waals surface area contributed by atoms with Crippen LogP contribution in [0.15, 0.2) is 12.4 Å². The summed E-state index contributed by atoms with van der Waals surface area (Å²) in [6.07, 6.45) is -7.52. The lowest BCUT2D eigenvalue weighted by molar-refractivity contribution is -0.347. The van der Waals surface area contributed by atoms with Gasteiger partial charge >= 0.3 is 39.2 Å². The zero-order valence-electron chi connectivity index (χ0n) is 18.2. The first-order valence-electron chi connectivity index (χ1n) is 10.3. The molecule has 1 aliphatic rings. The summed E-state index contributed by atoms with van der Waals surface area (Å²) in [5, 5.41) is -5.87. The maximum absolute atomic E-state index is 13.9. The maximum atomic E-state index is 13.9. The van der Waals surface area contributed by atoms with E-state index in [4.69, 9.17) is 4.55 Å². The molecule has 0 aromatic carbocycles. The molecule has 0 aliphatic heterocycles. The summed E-state index contributed by atoms with van der Waals surface area (Å²) in [6.45, 7) is 1.22. The number of halogens is 8. The number of carbonyl (C=O) groups excluding carboxylic acids is 2. The van der Waals surface area contributed by atoms with Gasteiger partial charge in [-0.3, -0.25) is 9.35 Å². The number of hydrogen-bond acceptors (Lipinski definition) is 6. The van der Waals surface area contributed by atoms with E-state index in [2.05, 4.69) is 16.1 Å². The number of esters is 1. The summed E-state index contributed by atoms with van der Waals surface area (Å²) in [7, 11) is -6.50. The van der Waals surface area contributed by atoms with Gasteiger partial charge in [0.1, 0.15) is 0 Å². The molecular formula is C19H24F8O7S. The second kappa shape index (κ2) is 11.5. The van der Waals surface area contributed by atoms with Gasteiger partial charge in [-0.1, -0.05) is 38.7 Å². The molecule has 1 aliphatic carbocycles. The summed E-state index contributed by atoms with van der Waals surface area (Å²) >= 11 is 0. The van der Waals surface area contributed by atoms with Crippen molar-refractivity contribution < 1.29 is 67.2 Å². The van der Waals surface area contributed by atoms with Gasteiger partial charge in [-0.2, -0.15) is 43.5 Å². The molecule has 0 spiro atoms. The monoisotopic (exact) mass is 548 g/mol. The normalized spacial score (nSPS) is 18.1. The largest absolute Gasteiger partial charge is 0.463 e. The number of alkyl halides is 7. The van der Waals surface area contributed by atoms with E-state index in [1.807, 2.05) is 0 Å². The molecule has 7 nitrogen and oxygen atoms in total. The molecule has 16 heteroatoms. The molecule has 0 saturated heterocycles. The van der Waals surface area contributed by atoms with Gasteiger partial charge in [-0.25, -0.2) is 4.79 Å². The summed E-state index contributed by atoms with van der Waals surface area (Å²) in [6, 6.07) is 0. The number of unbranched alkanes of at least 4 members (excludes halogenated alkanes) is 1. The van der Waals surface area contributed by atoms with Crippen LogP contribution in [0.5, 0.6) is 0 Å². The number of rotatable bonds is 13. The van der Waals surface area contributed by atoms with Crippen molar-refractivity contribution in [3.63, 3.8) is 0 Å². The highest BCUT2D eigenvalue weighted by atomic mass is 32.2. The predicted octanol–water partition coefficient (Wildman–Crippen LogP) is 5.11. The minimum atomic E-state index is -6.50. The smallest absolute Gasteiger partial charge is 0.411 e. The van der Waals surface area contributed by atoms with E-state index >= 15 is 0 Å². The van der Waals surface area contributed by atoms with Gasteiger partial charge in [-0.15, -0.1) is 0 Å². The van der Waals surface area contributed by atoms with Crippen molar-refractivity contribution in [2.75, 3.05) is 6.61 Å². The summed E-state index contributed by atoms with van der Waals surface area (Å²) in [4.78, 5) is 24.1. The van der Waals surface area contributed by atoms with Crippen LogP contribution < -0.4 is 0 Å². The quantitative estimate of drug-likeness (QED) is 0.0851. The van der Waals surface area contributed by atoms with Crippen molar-refractivity contribution >= 4 is 21.9 Å². The molecule has 0 aromatic rings. The molecule has 0 amide bonds. The van der Waals surface area contributed by atoms with Gasteiger partial charge in [0, 0.05) is 12.8 Å². The van der Waals surface area contributed by atoms with E-state index in [1.165, 1.54) is 0 Å². The maximum Gasteiger partial charge on any atom is 0.463 e. The molecule has 1 rings (SSSR count). The average Bonchev–Trinajstić information content (AvgIpc) is 2.71. The minimum Gasteiger partial charge on any atom is -0.411 e. The first kappa shape index (κ1) is 31.2. The lowest BCUT2D eigenvalue weighted by Gasteiger charge is -2.34. The zero-order chi connectivity index (χ0) is 27.3. The van der Waals surface area contributed by atoms with Crippen molar-refractivity contribution in [2.45, 2.75) is 80.9 Å². The number of hydrogen-bond donors (Lipinski definition) is 1. The van der Waals surface area contributed by atoms with E-state index in [9.17, 15) is 53.1 Å². The first-order valence-corrected chi connectivity index (χ1v) is 11.8. The lowest BCUT2D eigenvalue weighted by atomic mass is 9.84. The third-order valence-corrected chi connectivity index (χ3v) is 6.28. The van der Waals surface area contributed by atoms with Gasteiger partial charge in [0.25, 0.3) is 0 Å². The Bertz CT molecular complexity index is 882. The summed E-state index contributed by atoms with van der Waals surface area (Å²) in [5.41, 5.74) is 0. The Labute approximate surface area is 195 Å². The lowest BCUT2D eigenvalue weighted by Crippen LogP contribution is -2.58. The van der Waals surface area contributed by atoms with Crippen LogP contribution in [0.1, 0.15) is 57.8 Å². The molecule has 0 heterocycles.